The van der Waals surface area contributed by atoms with Crippen LogP contribution in [0.5, 0.6) is 0 Å². The molecule has 2 aromatic carbocycles. The molecule has 4 aromatic rings. The van der Waals surface area contributed by atoms with Crippen molar-refractivity contribution in [2.75, 3.05) is 20.2 Å². The lowest BCUT2D eigenvalue weighted by atomic mass is 9.71. The van der Waals surface area contributed by atoms with Gasteiger partial charge in [0.1, 0.15) is 11.4 Å². The largest absolute Gasteiger partial charge is 0.462 e. The third kappa shape index (κ3) is 6.87. The van der Waals surface area contributed by atoms with E-state index in [0.29, 0.717) is 34.9 Å². The number of thiazole rings is 1. The molecule has 4 rings (SSSR count). The molecule has 0 saturated carbocycles. The second-order valence-electron chi connectivity index (χ2n) is 13.5. The number of aromatic nitrogens is 2. The van der Waals surface area contributed by atoms with Crippen LogP contribution < -0.4 is 0 Å². The minimum Gasteiger partial charge on any atom is -0.462 e. The third-order valence-corrected chi connectivity index (χ3v) is 8.68. The quantitative estimate of drug-likeness (QED) is 0.177. The van der Waals surface area contributed by atoms with Gasteiger partial charge in [-0.2, -0.15) is 0 Å². The van der Waals surface area contributed by atoms with Crippen LogP contribution in [0.2, 0.25) is 0 Å². The molecule has 43 heavy (non-hydrogen) atoms. The van der Waals surface area contributed by atoms with Gasteiger partial charge in [-0.25, -0.2) is 19.0 Å². The number of halogens is 1. The maximum atomic E-state index is 16.1. The Balaban J connectivity index is 1.77. The summed E-state index contributed by atoms with van der Waals surface area (Å²) in [6.07, 6.45) is 3.33. The van der Waals surface area contributed by atoms with Crippen molar-refractivity contribution in [1.82, 2.24) is 14.3 Å². The predicted molar refractivity (Wildman–Crippen MR) is 172 cm³/mol. The number of ether oxygens (including phenoxy) is 2. The Labute approximate surface area is 258 Å². The molecule has 7 nitrogen and oxygen atoms in total. The summed E-state index contributed by atoms with van der Waals surface area (Å²) in [5.74, 6) is -0.723. The van der Waals surface area contributed by atoms with Crippen LogP contribution in [-0.2, 0) is 20.3 Å². The molecule has 0 aliphatic heterocycles. The van der Waals surface area contributed by atoms with E-state index in [1.165, 1.54) is 11.3 Å². The van der Waals surface area contributed by atoms with E-state index in [2.05, 4.69) is 20.8 Å². The Bertz CT molecular complexity index is 1660. The molecule has 0 unspecified atom stereocenters. The van der Waals surface area contributed by atoms with Crippen molar-refractivity contribution in [2.45, 2.75) is 91.6 Å². The van der Waals surface area contributed by atoms with Gasteiger partial charge in [0.05, 0.1) is 28.1 Å². The van der Waals surface area contributed by atoms with Crippen LogP contribution in [0.15, 0.2) is 36.5 Å². The number of carbonyl (C=O) groups is 2. The molecule has 0 bridgehead atoms. The topological polar surface area (TPSA) is 73.1 Å². The average Bonchev–Trinajstić information content (AvgIpc) is 3.44. The summed E-state index contributed by atoms with van der Waals surface area (Å²) < 4.78 is 29.7. The number of likely N-dealkylation sites (N-methyl/N-ethyl adjacent to an activating group) is 1. The van der Waals surface area contributed by atoms with Gasteiger partial charge >= 0.3 is 12.1 Å². The number of imidazole rings is 1. The second kappa shape index (κ2) is 11.9. The van der Waals surface area contributed by atoms with Crippen molar-refractivity contribution in [1.29, 1.82) is 0 Å². The van der Waals surface area contributed by atoms with Gasteiger partial charge in [-0.15, -0.1) is 0 Å². The Morgan fingerprint density at radius 1 is 1.00 bits per heavy atom. The molecule has 9 heteroatoms. The van der Waals surface area contributed by atoms with Gasteiger partial charge in [0.15, 0.2) is 4.96 Å². The zero-order valence-electron chi connectivity index (χ0n) is 27.1. The van der Waals surface area contributed by atoms with Crippen molar-refractivity contribution >= 4 is 38.6 Å². The maximum absolute atomic E-state index is 16.1. The van der Waals surface area contributed by atoms with Crippen LogP contribution >= 0.6 is 11.3 Å². The minimum atomic E-state index is -0.607. The first kappa shape index (κ1) is 32.5. The molecule has 0 spiro atoms. The summed E-state index contributed by atoms with van der Waals surface area (Å²) in [7, 11) is 1.72. The van der Waals surface area contributed by atoms with Gasteiger partial charge in [-0.05, 0) is 81.0 Å². The van der Waals surface area contributed by atoms with E-state index in [1.54, 1.807) is 31.0 Å². The molecular formula is C34H44FN3O4S. The van der Waals surface area contributed by atoms with Crippen LogP contribution in [0.4, 0.5) is 9.18 Å². The molecule has 232 valence electrons. The van der Waals surface area contributed by atoms with Crippen molar-refractivity contribution in [3.8, 4) is 11.3 Å². The SMILES string of the molecule is CCCC(C)(C)c1cc(-c2cn3c(n2)sc2cc(C(=O)OCC)ccc23)c(F)cc1C(C)(C)CN(C)C(=O)OC(C)(C)C. The first-order valence-electron chi connectivity index (χ1n) is 14.8. The molecule has 0 radical (unpaired) electrons. The van der Waals surface area contributed by atoms with E-state index in [-0.39, 0.29) is 17.2 Å². The standard InChI is InChI=1S/C34H44FN3O4S/c1-11-15-33(6,7)23-17-22(25(35)18-24(23)34(8,9)20-37(10)31(40)42-32(3,4)5)26-19-38-27-14-13-21(29(39)41-12-2)16-28(27)43-30(38)36-26/h13-14,16-19H,11-12,15,20H2,1-10H3. The number of carbonyl (C=O) groups excluding carboxylic acids is 2. The zero-order chi connectivity index (χ0) is 31.9. The average molecular weight is 610 g/mol. The highest BCUT2D eigenvalue weighted by Crippen LogP contribution is 2.41. The van der Waals surface area contributed by atoms with E-state index in [9.17, 15) is 9.59 Å². The summed E-state index contributed by atoms with van der Waals surface area (Å²) >= 11 is 1.44. The van der Waals surface area contributed by atoms with Gasteiger partial charge in [-0.3, -0.25) is 4.40 Å². The highest BCUT2D eigenvalue weighted by Gasteiger charge is 2.35. The van der Waals surface area contributed by atoms with Gasteiger partial charge in [0, 0.05) is 30.8 Å². The number of benzene rings is 2. The fraction of sp³-hybridized carbons (Fsp3) is 0.500. The number of hydrogen-bond acceptors (Lipinski definition) is 6. The van der Waals surface area contributed by atoms with Gasteiger partial charge in [0.2, 0.25) is 0 Å². The molecule has 1 amide bonds. The summed E-state index contributed by atoms with van der Waals surface area (Å²) in [5.41, 5.74) is 2.84. The number of fused-ring (bicyclic) bond motifs is 3. The first-order chi connectivity index (χ1) is 20.0. The molecule has 0 saturated heterocycles. The molecule has 0 aliphatic rings. The molecular weight excluding hydrogens is 565 g/mol. The van der Waals surface area contributed by atoms with Crippen LogP contribution in [-0.4, -0.2) is 52.1 Å². The van der Waals surface area contributed by atoms with Crippen molar-refractivity contribution in [3.05, 3.63) is 59.0 Å². The second-order valence-corrected chi connectivity index (χ2v) is 14.5. The van der Waals surface area contributed by atoms with Crippen LogP contribution in [0.3, 0.4) is 0 Å². The molecule has 2 aromatic heterocycles. The van der Waals surface area contributed by atoms with Gasteiger partial charge < -0.3 is 14.4 Å². The fourth-order valence-corrected chi connectivity index (χ4v) is 6.75. The number of hydrogen-bond donors (Lipinski definition) is 0. The Morgan fingerprint density at radius 2 is 1.67 bits per heavy atom. The lowest BCUT2D eigenvalue weighted by Crippen LogP contribution is -2.42. The Kier molecular flexibility index (Phi) is 8.99. The van der Waals surface area contributed by atoms with Gasteiger partial charge in [-0.1, -0.05) is 52.4 Å². The van der Waals surface area contributed by atoms with E-state index in [0.717, 1.165) is 34.2 Å². The van der Waals surface area contributed by atoms with E-state index in [1.807, 2.05) is 63.4 Å². The summed E-state index contributed by atoms with van der Waals surface area (Å²) in [5, 5.41) is 0. The summed E-state index contributed by atoms with van der Waals surface area (Å²) in [4.78, 5) is 32.1. The van der Waals surface area contributed by atoms with Gasteiger partial charge in [0.25, 0.3) is 0 Å². The van der Waals surface area contributed by atoms with Crippen LogP contribution in [0, 0.1) is 5.82 Å². The van der Waals surface area contributed by atoms with Crippen LogP contribution in [0.1, 0.15) is 96.6 Å². The van der Waals surface area contributed by atoms with E-state index >= 15 is 4.39 Å². The zero-order valence-corrected chi connectivity index (χ0v) is 27.9. The number of nitrogens with zero attached hydrogens (tertiary/aromatic N) is 3. The summed E-state index contributed by atoms with van der Waals surface area (Å²) in [6, 6.07) is 8.99. The van der Waals surface area contributed by atoms with E-state index in [4.69, 9.17) is 14.5 Å². The molecule has 0 atom stereocenters. The minimum absolute atomic E-state index is 0.248. The van der Waals surface area contributed by atoms with E-state index < -0.39 is 17.1 Å². The summed E-state index contributed by atoms with van der Waals surface area (Å²) in [6.45, 7) is 18.6. The monoisotopic (exact) mass is 609 g/mol. The highest BCUT2D eigenvalue weighted by molar-refractivity contribution is 7.23. The fourth-order valence-electron chi connectivity index (χ4n) is 5.70. The normalized spacial score (nSPS) is 12.6. The number of amides is 1. The molecule has 0 aliphatic carbocycles. The Hall–Kier alpha value is -3.46. The molecule has 0 N–H and O–H groups in total. The number of rotatable bonds is 9. The smallest absolute Gasteiger partial charge is 0.410 e. The molecule has 0 fully saturated rings. The predicted octanol–water partition coefficient (Wildman–Crippen LogP) is 8.75. The number of esters is 1. The lowest BCUT2D eigenvalue weighted by molar-refractivity contribution is 0.0267. The first-order valence-corrected chi connectivity index (χ1v) is 15.7. The van der Waals surface area contributed by atoms with Crippen molar-refractivity contribution < 1.29 is 23.5 Å². The van der Waals surface area contributed by atoms with Crippen molar-refractivity contribution in [3.63, 3.8) is 0 Å². The lowest BCUT2D eigenvalue weighted by Gasteiger charge is -2.37. The van der Waals surface area contributed by atoms with Crippen molar-refractivity contribution in [2.24, 2.45) is 0 Å². The third-order valence-electron chi connectivity index (χ3n) is 7.66. The highest BCUT2D eigenvalue weighted by atomic mass is 32.1. The Morgan fingerprint density at radius 3 is 2.30 bits per heavy atom. The maximum Gasteiger partial charge on any atom is 0.410 e. The molecule has 2 heterocycles. The van der Waals surface area contributed by atoms with Crippen LogP contribution in [0.25, 0.3) is 26.4 Å².